The van der Waals surface area contributed by atoms with Crippen LogP contribution in [0, 0.1) is 5.92 Å². The highest BCUT2D eigenvalue weighted by atomic mass is 16.3. The first-order valence-electron chi connectivity index (χ1n) is 6.63. The third kappa shape index (κ3) is 3.03. The zero-order valence-corrected chi connectivity index (χ0v) is 11.1. The fourth-order valence-corrected chi connectivity index (χ4v) is 2.58. The monoisotopic (exact) mass is 247 g/mol. The molecule has 1 aliphatic rings. The van der Waals surface area contributed by atoms with Crippen molar-refractivity contribution >= 4 is 5.91 Å². The molecule has 1 N–H and O–H groups in total. The summed E-state index contributed by atoms with van der Waals surface area (Å²) in [6, 6.07) is 7.29. The molecule has 1 saturated heterocycles. The second kappa shape index (κ2) is 5.42. The molecule has 0 radical (unpaired) electrons. The number of carbonyl (C=O) groups is 1. The normalized spacial score (nSPS) is 24.0. The lowest BCUT2D eigenvalue weighted by Gasteiger charge is -2.37. The molecule has 98 valence electrons. The summed E-state index contributed by atoms with van der Waals surface area (Å²) in [6.45, 7) is 5.17. The van der Waals surface area contributed by atoms with E-state index in [0.29, 0.717) is 18.4 Å². The second-order valence-corrected chi connectivity index (χ2v) is 5.42. The number of rotatable bonds is 2. The van der Waals surface area contributed by atoms with Gasteiger partial charge in [0.25, 0.3) is 0 Å². The first kappa shape index (κ1) is 12.9. The smallest absolute Gasteiger partial charge is 0.227 e. The molecule has 1 aromatic rings. The molecule has 3 nitrogen and oxygen atoms in total. The molecule has 2 atom stereocenters. The van der Waals surface area contributed by atoms with E-state index < -0.39 is 0 Å². The molecule has 1 aliphatic heterocycles. The summed E-state index contributed by atoms with van der Waals surface area (Å²) in [5.74, 6) is 0.981. The van der Waals surface area contributed by atoms with Crippen LogP contribution in [0.25, 0.3) is 0 Å². The predicted octanol–water partition coefficient (Wildman–Crippen LogP) is 2.58. The van der Waals surface area contributed by atoms with Crippen molar-refractivity contribution < 1.29 is 9.90 Å². The third-order valence-corrected chi connectivity index (χ3v) is 3.70. The van der Waals surface area contributed by atoms with Crippen LogP contribution in [0.3, 0.4) is 0 Å². The van der Waals surface area contributed by atoms with Gasteiger partial charge in [0.1, 0.15) is 5.75 Å². The van der Waals surface area contributed by atoms with E-state index in [2.05, 4.69) is 13.8 Å². The largest absolute Gasteiger partial charge is 0.508 e. The van der Waals surface area contributed by atoms with Crippen molar-refractivity contribution in [1.29, 1.82) is 0 Å². The van der Waals surface area contributed by atoms with Crippen LogP contribution in [-0.4, -0.2) is 28.5 Å². The number of aromatic hydroxyl groups is 1. The van der Waals surface area contributed by atoms with E-state index in [9.17, 15) is 9.90 Å². The van der Waals surface area contributed by atoms with Gasteiger partial charge in [-0.05, 0) is 43.4 Å². The van der Waals surface area contributed by atoms with Crippen molar-refractivity contribution in [2.45, 2.75) is 39.2 Å². The van der Waals surface area contributed by atoms with Gasteiger partial charge in [-0.15, -0.1) is 0 Å². The van der Waals surface area contributed by atoms with Crippen LogP contribution in [0.4, 0.5) is 0 Å². The zero-order chi connectivity index (χ0) is 13.1. The first-order chi connectivity index (χ1) is 8.56. The topological polar surface area (TPSA) is 40.5 Å². The summed E-state index contributed by atoms with van der Waals surface area (Å²) in [6.07, 6.45) is 2.68. The summed E-state index contributed by atoms with van der Waals surface area (Å²) in [4.78, 5) is 14.3. The Morgan fingerprint density at radius 1 is 1.39 bits per heavy atom. The summed E-state index contributed by atoms with van der Waals surface area (Å²) in [5, 5.41) is 9.41. The minimum absolute atomic E-state index is 0.166. The number of amides is 1. The van der Waals surface area contributed by atoms with Gasteiger partial charge in [0.05, 0.1) is 6.42 Å². The SMILES string of the molecule is CC1CCC(C)N(C(=O)Cc2cccc(O)c2)C1. The summed E-state index contributed by atoms with van der Waals surface area (Å²) in [7, 11) is 0. The second-order valence-electron chi connectivity index (χ2n) is 5.42. The van der Waals surface area contributed by atoms with Gasteiger partial charge in [0, 0.05) is 12.6 Å². The molecule has 2 unspecified atom stereocenters. The van der Waals surface area contributed by atoms with Gasteiger partial charge < -0.3 is 10.0 Å². The lowest BCUT2D eigenvalue weighted by Crippen LogP contribution is -2.45. The quantitative estimate of drug-likeness (QED) is 0.872. The zero-order valence-electron chi connectivity index (χ0n) is 11.1. The van der Waals surface area contributed by atoms with Crippen LogP contribution < -0.4 is 0 Å². The lowest BCUT2D eigenvalue weighted by molar-refractivity contribution is -0.134. The van der Waals surface area contributed by atoms with Crippen molar-refractivity contribution in [2.75, 3.05) is 6.54 Å². The maximum atomic E-state index is 12.3. The Bertz CT molecular complexity index is 430. The van der Waals surface area contributed by atoms with Crippen LogP contribution in [0.15, 0.2) is 24.3 Å². The molecular weight excluding hydrogens is 226 g/mol. The number of hydrogen-bond donors (Lipinski definition) is 1. The summed E-state index contributed by atoms with van der Waals surface area (Å²) < 4.78 is 0. The van der Waals surface area contributed by atoms with E-state index in [1.165, 1.54) is 6.42 Å². The fourth-order valence-electron chi connectivity index (χ4n) is 2.58. The van der Waals surface area contributed by atoms with Gasteiger partial charge in [0.2, 0.25) is 5.91 Å². The Labute approximate surface area is 108 Å². The van der Waals surface area contributed by atoms with Crippen LogP contribution in [0.1, 0.15) is 32.3 Å². The van der Waals surface area contributed by atoms with E-state index in [-0.39, 0.29) is 11.7 Å². The van der Waals surface area contributed by atoms with Crippen LogP contribution >= 0.6 is 0 Å². The molecule has 1 amide bonds. The van der Waals surface area contributed by atoms with Gasteiger partial charge in [0.15, 0.2) is 0 Å². The number of nitrogens with zero attached hydrogens (tertiary/aromatic N) is 1. The molecule has 1 aromatic carbocycles. The third-order valence-electron chi connectivity index (χ3n) is 3.70. The minimum atomic E-state index is 0.166. The first-order valence-corrected chi connectivity index (χ1v) is 6.63. The number of benzene rings is 1. The van der Waals surface area contributed by atoms with Gasteiger partial charge in [-0.2, -0.15) is 0 Å². The molecular formula is C15H21NO2. The van der Waals surface area contributed by atoms with Crippen molar-refractivity contribution in [3.8, 4) is 5.75 Å². The summed E-state index contributed by atoms with van der Waals surface area (Å²) >= 11 is 0. The van der Waals surface area contributed by atoms with Crippen LogP contribution in [0.2, 0.25) is 0 Å². The van der Waals surface area contributed by atoms with E-state index in [1.54, 1.807) is 18.2 Å². The molecule has 3 heteroatoms. The lowest BCUT2D eigenvalue weighted by atomic mass is 9.94. The number of piperidine rings is 1. The van der Waals surface area contributed by atoms with Crippen molar-refractivity contribution in [3.63, 3.8) is 0 Å². The Morgan fingerprint density at radius 2 is 2.17 bits per heavy atom. The molecule has 0 aliphatic carbocycles. The number of carbonyl (C=O) groups excluding carboxylic acids is 1. The number of likely N-dealkylation sites (tertiary alicyclic amines) is 1. The average Bonchev–Trinajstić information content (AvgIpc) is 2.32. The molecule has 1 heterocycles. The highest BCUT2D eigenvalue weighted by Crippen LogP contribution is 2.22. The molecule has 18 heavy (non-hydrogen) atoms. The van der Waals surface area contributed by atoms with Crippen molar-refractivity contribution in [2.24, 2.45) is 5.92 Å². The molecule has 2 rings (SSSR count). The van der Waals surface area contributed by atoms with E-state index >= 15 is 0 Å². The Hall–Kier alpha value is -1.51. The van der Waals surface area contributed by atoms with Gasteiger partial charge in [-0.25, -0.2) is 0 Å². The Kier molecular flexibility index (Phi) is 3.90. The molecule has 0 saturated carbocycles. The van der Waals surface area contributed by atoms with Crippen LogP contribution in [-0.2, 0) is 11.2 Å². The highest BCUT2D eigenvalue weighted by Gasteiger charge is 2.26. The number of hydrogen-bond acceptors (Lipinski definition) is 2. The van der Waals surface area contributed by atoms with Gasteiger partial charge in [-0.1, -0.05) is 19.1 Å². The van der Waals surface area contributed by atoms with Gasteiger partial charge in [-0.3, -0.25) is 4.79 Å². The highest BCUT2D eigenvalue weighted by molar-refractivity contribution is 5.79. The van der Waals surface area contributed by atoms with Gasteiger partial charge >= 0.3 is 0 Å². The average molecular weight is 247 g/mol. The standard InChI is InChI=1S/C15H21NO2/c1-11-6-7-12(2)16(10-11)15(18)9-13-4-3-5-14(17)8-13/h3-5,8,11-12,17H,6-7,9-10H2,1-2H3. The Balaban J connectivity index is 2.02. The van der Waals surface area contributed by atoms with E-state index in [0.717, 1.165) is 18.5 Å². The molecule has 0 aromatic heterocycles. The number of phenols is 1. The van der Waals surface area contributed by atoms with Crippen molar-refractivity contribution in [3.05, 3.63) is 29.8 Å². The minimum Gasteiger partial charge on any atom is -0.508 e. The fraction of sp³-hybridized carbons (Fsp3) is 0.533. The maximum Gasteiger partial charge on any atom is 0.227 e. The molecule has 0 spiro atoms. The molecule has 0 bridgehead atoms. The predicted molar refractivity (Wildman–Crippen MR) is 71.4 cm³/mol. The van der Waals surface area contributed by atoms with E-state index in [4.69, 9.17) is 0 Å². The summed E-state index contributed by atoms with van der Waals surface area (Å²) in [5.41, 5.74) is 0.880. The van der Waals surface area contributed by atoms with Crippen molar-refractivity contribution in [1.82, 2.24) is 4.90 Å². The molecule has 1 fully saturated rings. The Morgan fingerprint density at radius 3 is 2.89 bits per heavy atom. The van der Waals surface area contributed by atoms with E-state index in [1.807, 2.05) is 11.0 Å². The number of phenolic OH excluding ortho intramolecular Hbond substituents is 1. The van der Waals surface area contributed by atoms with Crippen LogP contribution in [0.5, 0.6) is 5.75 Å². The maximum absolute atomic E-state index is 12.3.